The van der Waals surface area contributed by atoms with Crippen LogP contribution < -0.4 is 0 Å². The standard InChI is InChI=1S/C20H27N/c1-3-5-15-20(14-4-2,19-13-9-10-16-21-19)17-18-11-7-6-8-12-18/h6-13,16H,3-5,14-15,17H2,1-2H3. The molecule has 0 aliphatic carbocycles. The first-order chi connectivity index (χ1) is 10.3. The van der Waals surface area contributed by atoms with Gasteiger partial charge in [-0.1, -0.05) is 69.5 Å². The van der Waals surface area contributed by atoms with E-state index in [1.54, 1.807) is 0 Å². The quantitative estimate of drug-likeness (QED) is 0.618. The third kappa shape index (κ3) is 4.17. The molecule has 21 heavy (non-hydrogen) atoms. The first-order valence-electron chi connectivity index (χ1n) is 8.26. The van der Waals surface area contributed by atoms with E-state index in [9.17, 15) is 0 Å². The molecule has 1 nitrogen and oxygen atoms in total. The van der Waals surface area contributed by atoms with E-state index < -0.39 is 0 Å². The van der Waals surface area contributed by atoms with Crippen LogP contribution in [0.4, 0.5) is 0 Å². The molecule has 0 aliphatic rings. The summed E-state index contributed by atoms with van der Waals surface area (Å²) >= 11 is 0. The molecule has 0 saturated carbocycles. The van der Waals surface area contributed by atoms with Crippen LogP contribution >= 0.6 is 0 Å². The average molecular weight is 281 g/mol. The van der Waals surface area contributed by atoms with Gasteiger partial charge in [-0.05, 0) is 37.0 Å². The molecule has 1 heteroatoms. The molecule has 0 N–H and O–H groups in total. The Hall–Kier alpha value is -1.63. The highest BCUT2D eigenvalue weighted by Gasteiger charge is 2.32. The number of pyridine rings is 1. The maximum Gasteiger partial charge on any atom is 0.0468 e. The minimum atomic E-state index is 0.188. The molecule has 1 unspecified atom stereocenters. The normalized spacial score (nSPS) is 13.8. The lowest BCUT2D eigenvalue weighted by atomic mass is 9.71. The lowest BCUT2D eigenvalue weighted by molar-refractivity contribution is 0.336. The number of hydrogen-bond acceptors (Lipinski definition) is 1. The molecule has 1 atom stereocenters. The van der Waals surface area contributed by atoms with Crippen LogP contribution in [0.1, 0.15) is 57.2 Å². The predicted molar refractivity (Wildman–Crippen MR) is 90.5 cm³/mol. The van der Waals surface area contributed by atoms with Crippen molar-refractivity contribution in [2.45, 2.75) is 57.8 Å². The Bertz CT molecular complexity index is 506. The summed E-state index contributed by atoms with van der Waals surface area (Å²) in [5.41, 5.74) is 2.88. The highest BCUT2D eigenvalue weighted by Crippen LogP contribution is 2.37. The first-order valence-corrected chi connectivity index (χ1v) is 8.26. The molecule has 1 aromatic heterocycles. The van der Waals surface area contributed by atoms with Gasteiger partial charge in [0.2, 0.25) is 0 Å². The second-order valence-electron chi connectivity index (χ2n) is 6.01. The van der Waals surface area contributed by atoms with E-state index in [1.807, 2.05) is 12.3 Å². The van der Waals surface area contributed by atoms with Gasteiger partial charge < -0.3 is 0 Å². The Morgan fingerprint density at radius 1 is 0.857 bits per heavy atom. The minimum Gasteiger partial charge on any atom is -0.261 e. The number of nitrogens with zero attached hydrogens (tertiary/aromatic N) is 1. The van der Waals surface area contributed by atoms with Gasteiger partial charge in [0.1, 0.15) is 0 Å². The van der Waals surface area contributed by atoms with Crippen molar-refractivity contribution in [2.24, 2.45) is 0 Å². The number of unbranched alkanes of at least 4 members (excludes halogenated alkanes) is 1. The van der Waals surface area contributed by atoms with E-state index in [0.717, 1.165) is 6.42 Å². The summed E-state index contributed by atoms with van der Waals surface area (Å²) in [5, 5.41) is 0. The van der Waals surface area contributed by atoms with E-state index in [2.05, 4.69) is 56.3 Å². The minimum absolute atomic E-state index is 0.188. The number of rotatable bonds is 8. The average Bonchev–Trinajstić information content (AvgIpc) is 2.55. The van der Waals surface area contributed by atoms with E-state index in [0.29, 0.717) is 0 Å². The zero-order chi connectivity index (χ0) is 15.0. The SMILES string of the molecule is CCCCC(CCC)(Cc1ccccc1)c1ccccn1. The summed E-state index contributed by atoms with van der Waals surface area (Å²) in [6.07, 6.45) is 9.18. The third-order valence-corrected chi connectivity index (χ3v) is 4.33. The van der Waals surface area contributed by atoms with Gasteiger partial charge in [0.15, 0.2) is 0 Å². The van der Waals surface area contributed by atoms with Crippen molar-refractivity contribution in [1.82, 2.24) is 4.98 Å². The topological polar surface area (TPSA) is 12.9 Å². The van der Waals surface area contributed by atoms with Crippen molar-refractivity contribution in [3.63, 3.8) is 0 Å². The van der Waals surface area contributed by atoms with Gasteiger partial charge >= 0.3 is 0 Å². The first kappa shape index (κ1) is 15.8. The van der Waals surface area contributed by atoms with Gasteiger partial charge in [-0.25, -0.2) is 0 Å². The van der Waals surface area contributed by atoms with Crippen LogP contribution in [0.3, 0.4) is 0 Å². The van der Waals surface area contributed by atoms with Crippen LogP contribution in [-0.2, 0) is 11.8 Å². The highest BCUT2D eigenvalue weighted by atomic mass is 14.7. The highest BCUT2D eigenvalue weighted by molar-refractivity contribution is 5.25. The van der Waals surface area contributed by atoms with Crippen LogP contribution in [0.5, 0.6) is 0 Å². The molecular formula is C20H27N. The lowest BCUT2D eigenvalue weighted by Gasteiger charge is -2.34. The molecule has 0 fully saturated rings. The molecule has 0 radical (unpaired) electrons. The van der Waals surface area contributed by atoms with Gasteiger partial charge in [-0.2, -0.15) is 0 Å². The Morgan fingerprint density at radius 2 is 1.62 bits per heavy atom. The van der Waals surface area contributed by atoms with Crippen LogP contribution in [0.2, 0.25) is 0 Å². The monoisotopic (exact) mass is 281 g/mol. The predicted octanol–water partition coefficient (Wildman–Crippen LogP) is 5.55. The molecular weight excluding hydrogens is 254 g/mol. The van der Waals surface area contributed by atoms with E-state index >= 15 is 0 Å². The molecule has 2 rings (SSSR count). The second-order valence-corrected chi connectivity index (χ2v) is 6.01. The number of benzene rings is 1. The van der Waals surface area contributed by atoms with Crippen LogP contribution in [-0.4, -0.2) is 4.98 Å². The van der Waals surface area contributed by atoms with Gasteiger partial charge in [0, 0.05) is 17.3 Å². The fourth-order valence-electron chi connectivity index (χ4n) is 3.31. The zero-order valence-electron chi connectivity index (χ0n) is 13.4. The van der Waals surface area contributed by atoms with Crippen molar-refractivity contribution in [3.05, 3.63) is 66.0 Å². The fraction of sp³-hybridized carbons (Fsp3) is 0.450. The number of aromatic nitrogens is 1. The maximum atomic E-state index is 4.72. The second kappa shape index (κ2) is 7.97. The van der Waals surface area contributed by atoms with Crippen molar-refractivity contribution < 1.29 is 0 Å². The summed E-state index contributed by atoms with van der Waals surface area (Å²) in [7, 11) is 0. The largest absolute Gasteiger partial charge is 0.261 e. The van der Waals surface area contributed by atoms with E-state index in [1.165, 1.54) is 43.4 Å². The van der Waals surface area contributed by atoms with Gasteiger partial charge in [0.25, 0.3) is 0 Å². The number of hydrogen-bond donors (Lipinski definition) is 0. The third-order valence-electron chi connectivity index (χ3n) is 4.33. The van der Waals surface area contributed by atoms with Gasteiger partial charge in [-0.15, -0.1) is 0 Å². The molecule has 1 heterocycles. The fourth-order valence-corrected chi connectivity index (χ4v) is 3.31. The van der Waals surface area contributed by atoms with Gasteiger partial charge in [0.05, 0.1) is 0 Å². The molecule has 0 amide bonds. The van der Waals surface area contributed by atoms with E-state index in [4.69, 9.17) is 4.98 Å². The molecule has 0 spiro atoms. The molecule has 0 aliphatic heterocycles. The van der Waals surface area contributed by atoms with Crippen molar-refractivity contribution in [3.8, 4) is 0 Å². The maximum absolute atomic E-state index is 4.72. The molecule has 0 saturated heterocycles. The molecule has 2 aromatic rings. The summed E-state index contributed by atoms with van der Waals surface area (Å²) in [5.74, 6) is 0. The van der Waals surface area contributed by atoms with E-state index in [-0.39, 0.29) is 5.41 Å². The zero-order valence-corrected chi connectivity index (χ0v) is 13.4. The van der Waals surface area contributed by atoms with Crippen LogP contribution in [0.15, 0.2) is 54.7 Å². The lowest BCUT2D eigenvalue weighted by Crippen LogP contribution is -2.30. The summed E-state index contributed by atoms with van der Waals surface area (Å²) in [4.78, 5) is 4.72. The Kier molecular flexibility index (Phi) is 5.98. The summed E-state index contributed by atoms with van der Waals surface area (Å²) < 4.78 is 0. The Labute approximate surface area is 129 Å². The van der Waals surface area contributed by atoms with Crippen molar-refractivity contribution in [2.75, 3.05) is 0 Å². The van der Waals surface area contributed by atoms with Crippen LogP contribution in [0, 0.1) is 0 Å². The Morgan fingerprint density at radius 3 is 2.24 bits per heavy atom. The molecule has 1 aromatic carbocycles. The molecule has 0 bridgehead atoms. The summed E-state index contributed by atoms with van der Waals surface area (Å²) in [6, 6.07) is 17.2. The molecule has 112 valence electrons. The van der Waals surface area contributed by atoms with Crippen LogP contribution in [0.25, 0.3) is 0 Å². The smallest absolute Gasteiger partial charge is 0.0468 e. The Balaban J connectivity index is 2.35. The van der Waals surface area contributed by atoms with Crippen molar-refractivity contribution in [1.29, 1.82) is 0 Å². The van der Waals surface area contributed by atoms with Gasteiger partial charge in [-0.3, -0.25) is 4.98 Å². The van der Waals surface area contributed by atoms with Crippen molar-refractivity contribution >= 4 is 0 Å². The summed E-state index contributed by atoms with van der Waals surface area (Å²) in [6.45, 7) is 4.56.